The van der Waals surface area contributed by atoms with Gasteiger partial charge in [-0.25, -0.2) is 13.8 Å². The van der Waals surface area contributed by atoms with Crippen LogP contribution in [0.2, 0.25) is 5.02 Å². The van der Waals surface area contributed by atoms with Crippen LogP contribution in [-0.2, 0) is 0 Å². The number of halogens is 5. The highest BCUT2D eigenvalue weighted by Gasteiger charge is 2.19. The van der Waals surface area contributed by atoms with Gasteiger partial charge in [-0.1, -0.05) is 11.6 Å². The molecule has 0 aliphatic carbocycles. The van der Waals surface area contributed by atoms with Crippen LogP contribution in [0.4, 0.5) is 8.78 Å². The zero-order valence-electron chi connectivity index (χ0n) is 6.40. The van der Waals surface area contributed by atoms with Gasteiger partial charge in [-0.15, -0.1) is 0 Å². The molecule has 1 rings (SSSR count). The summed E-state index contributed by atoms with van der Waals surface area (Å²) in [5.41, 5.74) is -0.831. The second kappa shape index (κ2) is 4.67. The Labute approximate surface area is 102 Å². The number of pyridine rings is 1. The third kappa shape index (κ3) is 2.52. The highest BCUT2D eigenvalue weighted by atomic mass is 127. The van der Waals surface area contributed by atoms with Crippen LogP contribution in [0.1, 0.15) is 22.6 Å². The lowest BCUT2D eigenvalue weighted by Gasteiger charge is -2.05. The molecule has 0 amide bonds. The summed E-state index contributed by atoms with van der Waals surface area (Å²) < 4.78 is 24.9. The van der Waals surface area contributed by atoms with E-state index in [1.165, 1.54) is 6.07 Å². The third-order valence-electron chi connectivity index (χ3n) is 1.35. The number of nitrogens with zero attached hydrogens (tertiary/aromatic N) is 1. The van der Waals surface area contributed by atoms with E-state index in [2.05, 4.69) is 4.98 Å². The number of alkyl halides is 2. The van der Waals surface area contributed by atoms with Gasteiger partial charge in [-0.2, -0.15) is 0 Å². The number of carbonyl (C=O) groups is 1. The van der Waals surface area contributed by atoms with Gasteiger partial charge in [0.2, 0.25) is 0 Å². The molecular weight excluding hydrogens is 350 g/mol. The summed E-state index contributed by atoms with van der Waals surface area (Å²) in [4.78, 5) is 14.2. The van der Waals surface area contributed by atoms with Crippen molar-refractivity contribution in [3.63, 3.8) is 0 Å². The van der Waals surface area contributed by atoms with Gasteiger partial charge in [-0.05, 0) is 40.3 Å². The number of rotatable bonds is 2. The zero-order valence-corrected chi connectivity index (χ0v) is 10.1. The van der Waals surface area contributed by atoms with Crippen LogP contribution in [0.5, 0.6) is 0 Å². The minimum atomic E-state index is -2.82. The minimum Gasteiger partial charge on any atom is -0.274 e. The Kier molecular flexibility index (Phi) is 4.03. The first-order valence-electron chi connectivity index (χ1n) is 3.27. The Hall–Kier alpha value is -0.0100. The molecule has 0 bridgehead atoms. The summed E-state index contributed by atoms with van der Waals surface area (Å²) in [6.07, 6.45) is -2.82. The molecule has 0 aliphatic rings. The molecule has 0 saturated heterocycles. The molecule has 0 unspecified atom stereocenters. The van der Waals surface area contributed by atoms with E-state index in [-0.39, 0.29) is 10.7 Å². The van der Waals surface area contributed by atoms with Crippen LogP contribution in [0.15, 0.2) is 6.07 Å². The Morgan fingerprint density at radius 1 is 1.57 bits per heavy atom. The summed E-state index contributed by atoms with van der Waals surface area (Å²) in [5.74, 6) is 0. The lowest BCUT2D eigenvalue weighted by molar-refractivity contribution is 0.107. The quantitative estimate of drug-likeness (QED) is 0.601. The summed E-state index contributed by atoms with van der Waals surface area (Å²) in [6.45, 7) is 0. The minimum absolute atomic E-state index is 0.175. The van der Waals surface area contributed by atoms with Gasteiger partial charge in [0.05, 0.1) is 5.02 Å². The Balaban J connectivity index is 3.34. The van der Waals surface area contributed by atoms with Gasteiger partial charge < -0.3 is 0 Å². The zero-order chi connectivity index (χ0) is 10.9. The maximum absolute atomic E-state index is 12.3. The van der Waals surface area contributed by atoms with Crippen molar-refractivity contribution in [3.05, 3.63) is 26.0 Å². The summed E-state index contributed by atoms with van der Waals surface area (Å²) in [7, 11) is 0. The fraction of sp³-hybridized carbons (Fsp3) is 0.143. The monoisotopic (exact) mass is 351 g/mol. The molecule has 0 spiro atoms. The molecule has 14 heavy (non-hydrogen) atoms. The second-order valence-corrected chi connectivity index (χ2v) is 4.17. The van der Waals surface area contributed by atoms with Crippen molar-refractivity contribution in [2.75, 3.05) is 0 Å². The predicted molar refractivity (Wildman–Crippen MR) is 57.1 cm³/mol. The van der Waals surface area contributed by atoms with Crippen molar-refractivity contribution < 1.29 is 13.6 Å². The molecule has 0 aliphatic heterocycles. The van der Waals surface area contributed by atoms with E-state index in [4.69, 9.17) is 23.2 Å². The predicted octanol–water partition coefficient (Wildman–Crippen LogP) is 3.66. The van der Waals surface area contributed by atoms with Crippen molar-refractivity contribution in [1.82, 2.24) is 4.98 Å². The standard InChI is InChI=1S/C7H2Cl2F2INO/c8-2-1-3(12)5(6(9)14)13-4(2)7(10)11/h1,7H. The van der Waals surface area contributed by atoms with E-state index < -0.39 is 17.4 Å². The highest BCUT2D eigenvalue weighted by Crippen LogP contribution is 2.28. The fourth-order valence-electron chi connectivity index (χ4n) is 0.772. The van der Waals surface area contributed by atoms with Crippen LogP contribution in [0, 0.1) is 3.57 Å². The average molecular weight is 352 g/mol. The first-order valence-corrected chi connectivity index (χ1v) is 5.11. The van der Waals surface area contributed by atoms with Crippen LogP contribution in [-0.4, -0.2) is 10.2 Å². The van der Waals surface area contributed by atoms with Crippen LogP contribution in [0.25, 0.3) is 0 Å². The third-order valence-corrected chi connectivity index (χ3v) is 2.65. The van der Waals surface area contributed by atoms with Crippen LogP contribution < -0.4 is 0 Å². The van der Waals surface area contributed by atoms with E-state index in [0.29, 0.717) is 3.57 Å². The van der Waals surface area contributed by atoms with Crippen molar-refractivity contribution in [3.8, 4) is 0 Å². The molecule has 0 radical (unpaired) electrons. The molecular formula is C7H2Cl2F2INO. The summed E-state index contributed by atoms with van der Waals surface area (Å²) in [6, 6.07) is 1.23. The lowest BCUT2D eigenvalue weighted by Crippen LogP contribution is -2.03. The van der Waals surface area contributed by atoms with Crippen molar-refractivity contribution in [2.45, 2.75) is 6.43 Å². The highest BCUT2D eigenvalue weighted by molar-refractivity contribution is 14.1. The Bertz CT molecular complexity index is 386. The summed E-state index contributed by atoms with van der Waals surface area (Å²) in [5, 5.41) is -1.06. The Morgan fingerprint density at radius 2 is 2.14 bits per heavy atom. The Morgan fingerprint density at radius 3 is 2.57 bits per heavy atom. The van der Waals surface area contributed by atoms with Gasteiger partial charge in [0.15, 0.2) is 0 Å². The molecule has 1 aromatic rings. The molecule has 0 atom stereocenters. The number of aromatic nitrogens is 1. The smallest absolute Gasteiger partial charge is 0.274 e. The number of hydrogen-bond acceptors (Lipinski definition) is 2. The first-order chi connectivity index (χ1) is 6.43. The van der Waals surface area contributed by atoms with Crippen LogP contribution >= 0.6 is 45.8 Å². The molecule has 76 valence electrons. The number of carbonyl (C=O) groups excluding carboxylic acids is 1. The first kappa shape index (κ1) is 12.1. The average Bonchev–Trinajstić information content (AvgIpc) is 2.02. The SMILES string of the molecule is O=C(Cl)c1nc(C(F)F)c(Cl)cc1I. The molecule has 2 nitrogen and oxygen atoms in total. The largest absolute Gasteiger partial charge is 0.281 e. The molecule has 1 aromatic heterocycles. The van der Waals surface area contributed by atoms with Gasteiger partial charge in [0, 0.05) is 3.57 Å². The fourth-order valence-corrected chi connectivity index (χ4v) is 2.17. The van der Waals surface area contributed by atoms with E-state index in [0.717, 1.165) is 0 Å². The van der Waals surface area contributed by atoms with Crippen molar-refractivity contribution in [1.29, 1.82) is 0 Å². The number of hydrogen-bond donors (Lipinski definition) is 0. The van der Waals surface area contributed by atoms with Crippen molar-refractivity contribution >= 4 is 51.0 Å². The normalized spacial score (nSPS) is 10.7. The van der Waals surface area contributed by atoms with Gasteiger partial charge >= 0.3 is 0 Å². The van der Waals surface area contributed by atoms with E-state index in [1.807, 2.05) is 0 Å². The van der Waals surface area contributed by atoms with E-state index in [1.54, 1.807) is 22.6 Å². The molecule has 1 heterocycles. The van der Waals surface area contributed by atoms with E-state index in [9.17, 15) is 13.6 Å². The molecule has 0 N–H and O–H groups in total. The molecule has 0 saturated carbocycles. The second-order valence-electron chi connectivity index (χ2n) is 2.26. The lowest BCUT2D eigenvalue weighted by atomic mass is 10.3. The van der Waals surface area contributed by atoms with Gasteiger partial charge in [-0.3, -0.25) is 4.79 Å². The summed E-state index contributed by atoms with van der Waals surface area (Å²) >= 11 is 12.4. The maximum Gasteiger partial charge on any atom is 0.281 e. The maximum atomic E-state index is 12.3. The molecule has 0 fully saturated rings. The van der Waals surface area contributed by atoms with Gasteiger partial charge in [0.1, 0.15) is 11.4 Å². The molecule has 0 aromatic carbocycles. The molecule has 7 heteroatoms. The van der Waals surface area contributed by atoms with Gasteiger partial charge in [0.25, 0.3) is 11.7 Å². The van der Waals surface area contributed by atoms with Crippen LogP contribution in [0.3, 0.4) is 0 Å². The van der Waals surface area contributed by atoms with E-state index >= 15 is 0 Å². The topological polar surface area (TPSA) is 30.0 Å². The van der Waals surface area contributed by atoms with Crippen molar-refractivity contribution in [2.24, 2.45) is 0 Å².